The number of para-hydroxylation sites is 3. The summed E-state index contributed by atoms with van der Waals surface area (Å²) in [7, 11) is 0. The van der Waals surface area contributed by atoms with E-state index in [-0.39, 0.29) is 6.61 Å². The van der Waals surface area contributed by atoms with Gasteiger partial charge in [-0.1, -0.05) is 30.3 Å². The van der Waals surface area contributed by atoms with Crippen LogP contribution in [0, 0.1) is 0 Å². The van der Waals surface area contributed by atoms with E-state index >= 15 is 0 Å². The molecule has 0 aromatic heterocycles. The van der Waals surface area contributed by atoms with Crippen molar-refractivity contribution in [2.24, 2.45) is 0 Å². The van der Waals surface area contributed by atoms with Gasteiger partial charge in [0.05, 0.1) is 6.61 Å². The van der Waals surface area contributed by atoms with Crippen LogP contribution >= 0.6 is 0 Å². The minimum absolute atomic E-state index is 0.200. The molecule has 100 valence electrons. The molecule has 0 radical (unpaired) electrons. The molecule has 0 aliphatic rings. The van der Waals surface area contributed by atoms with Crippen LogP contribution in [0.2, 0.25) is 0 Å². The standard InChI is InChI=1S/C16H18O3/c17-12-6-7-13-18-15-10-4-5-11-16(15)19-14-8-2-1-3-9-14/h1-5,8-11,17H,6-7,12-13H2. The molecular formula is C16H18O3. The lowest BCUT2D eigenvalue weighted by Gasteiger charge is -2.12. The van der Waals surface area contributed by atoms with Gasteiger partial charge in [-0.3, -0.25) is 0 Å². The highest BCUT2D eigenvalue weighted by Crippen LogP contribution is 2.31. The van der Waals surface area contributed by atoms with Crippen LogP contribution in [0.1, 0.15) is 12.8 Å². The zero-order chi connectivity index (χ0) is 13.3. The van der Waals surface area contributed by atoms with Crippen LogP contribution in [0.15, 0.2) is 54.6 Å². The summed E-state index contributed by atoms with van der Waals surface area (Å²) in [5, 5.41) is 8.73. The summed E-state index contributed by atoms with van der Waals surface area (Å²) in [5.41, 5.74) is 0. The molecule has 3 nitrogen and oxygen atoms in total. The monoisotopic (exact) mass is 258 g/mol. The Balaban J connectivity index is 2.00. The van der Waals surface area contributed by atoms with E-state index in [0.717, 1.165) is 24.3 Å². The predicted octanol–water partition coefficient (Wildman–Crippen LogP) is 3.63. The summed E-state index contributed by atoms with van der Waals surface area (Å²) in [6, 6.07) is 17.2. The zero-order valence-electron chi connectivity index (χ0n) is 10.8. The first-order valence-corrected chi connectivity index (χ1v) is 6.46. The number of benzene rings is 2. The van der Waals surface area contributed by atoms with E-state index in [4.69, 9.17) is 14.6 Å². The molecule has 0 amide bonds. The number of rotatable bonds is 7. The molecule has 0 saturated heterocycles. The lowest BCUT2D eigenvalue weighted by molar-refractivity contribution is 0.249. The van der Waals surface area contributed by atoms with Gasteiger partial charge in [0.1, 0.15) is 5.75 Å². The van der Waals surface area contributed by atoms with Crippen molar-refractivity contribution in [3.8, 4) is 17.2 Å². The first kappa shape index (κ1) is 13.4. The average molecular weight is 258 g/mol. The van der Waals surface area contributed by atoms with E-state index < -0.39 is 0 Å². The molecule has 0 atom stereocenters. The van der Waals surface area contributed by atoms with Gasteiger partial charge in [0, 0.05) is 6.61 Å². The third-order valence-corrected chi connectivity index (χ3v) is 2.63. The van der Waals surface area contributed by atoms with Gasteiger partial charge < -0.3 is 14.6 Å². The molecule has 1 N–H and O–H groups in total. The number of hydrogen-bond donors (Lipinski definition) is 1. The Morgan fingerprint density at radius 1 is 0.789 bits per heavy atom. The van der Waals surface area contributed by atoms with Crippen molar-refractivity contribution in [1.29, 1.82) is 0 Å². The Kier molecular flexibility index (Phi) is 5.26. The molecule has 0 aliphatic heterocycles. The molecule has 0 aliphatic carbocycles. The van der Waals surface area contributed by atoms with Crippen LogP contribution in [-0.2, 0) is 0 Å². The van der Waals surface area contributed by atoms with Crippen LogP contribution < -0.4 is 9.47 Å². The maximum atomic E-state index is 8.73. The number of aliphatic hydroxyl groups is 1. The summed E-state index contributed by atoms with van der Waals surface area (Å²) in [6.07, 6.45) is 1.58. The van der Waals surface area contributed by atoms with Crippen LogP contribution in [0.25, 0.3) is 0 Å². The third-order valence-electron chi connectivity index (χ3n) is 2.63. The minimum Gasteiger partial charge on any atom is -0.490 e. The van der Waals surface area contributed by atoms with Gasteiger partial charge in [0.2, 0.25) is 0 Å². The van der Waals surface area contributed by atoms with Gasteiger partial charge in [0.25, 0.3) is 0 Å². The van der Waals surface area contributed by atoms with E-state index in [1.54, 1.807) is 0 Å². The van der Waals surface area contributed by atoms with Gasteiger partial charge in [-0.25, -0.2) is 0 Å². The van der Waals surface area contributed by atoms with E-state index in [0.29, 0.717) is 12.4 Å². The first-order chi connectivity index (χ1) is 9.40. The quantitative estimate of drug-likeness (QED) is 0.771. The fourth-order valence-corrected chi connectivity index (χ4v) is 1.67. The Labute approximate surface area is 113 Å². The summed E-state index contributed by atoms with van der Waals surface area (Å²) >= 11 is 0. The highest BCUT2D eigenvalue weighted by Gasteiger charge is 2.05. The van der Waals surface area contributed by atoms with E-state index in [1.807, 2.05) is 54.6 Å². The lowest BCUT2D eigenvalue weighted by Crippen LogP contribution is -2.00. The number of unbranched alkanes of at least 4 members (excludes halogenated alkanes) is 1. The molecule has 0 heterocycles. The van der Waals surface area contributed by atoms with Crippen LogP contribution in [0.5, 0.6) is 17.2 Å². The summed E-state index contributed by atoms with van der Waals surface area (Å²) in [6.45, 7) is 0.779. The van der Waals surface area contributed by atoms with E-state index in [9.17, 15) is 0 Å². The number of hydrogen-bond acceptors (Lipinski definition) is 3. The Bertz CT molecular complexity index is 482. The molecule has 0 spiro atoms. The summed E-state index contributed by atoms with van der Waals surface area (Å²) in [4.78, 5) is 0. The maximum absolute atomic E-state index is 8.73. The lowest BCUT2D eigenvalue weighted by atomic mass is 10.3. The molecule has 2 rings (SSSR count). The SMILES string of the molecule is OCCCCOc1ccccc1Oc1ccccc1. The topological polar surface area (TPSA) is 38.7 Å². The van der Waals surface area contributed by atoms with Gasteiger partial charge >= 0.3 is 0 Å². The van der Waals surface area contributed by atoms with Gasteiger partial charge in [-0.15, -0.1) is 0 Å². The third kappa shape index (κ3) is 4.30. The van der Waals surface area contributed by atoms with Crippen LogP contribution in [-0.4, -0.2) is 18.3 Å². The first-order valence-electron chi connectivity index (χ1n) is 6.46. The average Bonchev–Trinajstić information content (AvgIpc) is 2.46. The van der Waals surface area contributed by atoms with Crippen molar-refractivity contribution in [2.45, 2.75) is 12.8 Å². The molecule has 3 heteroatoms. The second-order valence-electron chi connectivity index (χ2n) is 4.14. The van der Waals surface area contributed by atoms with Crippen molar-refractivity contribution < 1.29 is 14.6 Å². The van der Waals surface area contributed by atoms with Gasteiger partial charge in [-0.05, 0) is 37.1 Å². The molecule has 2 aromatic carbocycles. The molecular weight excluding hydrogens is 240 g/mol. The highest BCUT2D eigenvalue weighted by atomic mass is 16.5. The van der Waals surface area contributed by atoms with Crippen molar-refractivity contribution in [1.82, 2.24) is 0 Å². The Hall–Kier alpha value is -2.00. The fraction of sp³-hybridized carbons (Fsp3) is 0.250. The summed E-state index contributed by atoms with van der Waals surface area (Å²) < 4.78 is 11.5. The van der Waals surface area contributed by atoms with E-state index in [1.165, 1.54) is 0 Å². The van der Waals surface area contributed by atoms with Crippen molar-refractivity contribution in [2.75, 3.05) is 13.2 Å². The number of ether oxygens (including phenoxy) is 2. The molecule has 0 unspecified atom stereocenters. The Morgan fingerprint density at radius 3 is 2.21 bits per heavy atom. The smallest absolute Gasteiger partial charge is 0.169 e. The van der Waals surface area contributed by atoms with Crippen LogP contribution in [0.4, 0.5) is 0 Å². The predicted molar refractivity (Wildman–Crippen MR) is 74.8 cm³/mol. The fourth-order valence-electron chi connectivity index (χ4n) is 1.67. The molecule has 19 heavy (non-hydrogen) atoms. The number of aliphatic hydroxyl groups excluding tert-OH is 1. The molecule has 0 fully saturated rings. The van der Waals surface area contributed by atoms with Crippen molar-refractivity contribution in [3.05, 3.63) is 54.6 Å². The molecule has 0 saturated carbocycles. The van der Waals surface area contributed by atoms with Crippen LogP contribution in [0.3, 0.4) is 0 Å². The largest absolute Gasteiger partial charge is 0.490 e. The minimum atomic E-state index is 0.200. The normalized spacial score (nSPS) is 10.2. The summed E-state index contributed by atoms with van der Waals surface area (Å²) in [5.74, 6) is 2.22. The maximum Gasteiger partial charge on any atom is 0.169 e. The van der Waals surface area contributed by atoms with Crippen molar-refractivity contribution >= 4 is 0 Å². The second kappa shape index (κ2) is 7.44. The zero-order valence-corrected chi connectivity index (χ0v) is 10.8. The Morgan fingerprint density at radius 2 is 1.47 bits per heavy atom. The molecule has 2 aromatic rings. The van der Waals surface area contributed by atoms with Gasteiger partial charge in [-0.2, -0.15) is 0 Å². The van der Waals surface area contributed by atoms with Crippen molar-refractivity contribution in [3.63, 3.8) is 0 Å². The molecule has 0 bridgehead atoms. The van der Waals surface area contributed by atoms with E-state index in [2.05, 4.69) is 0 Å². The second-order valence-corrected chi connectivity index (χ2v) is 4.14. The van der Waals surface area contributed by atoms with Gasteiger partial charge in [0.15, 0.2) is 11.5 Å². The highest BCUT2D eigenvalue weighted by molar-refractivity contribution is 5.42.